The highest BCUT2D eigenvalue weighted by Gasteiger charge is 2.10. The molecule has 0 spiro atoms. The molecule has 0 radical (unpaired) electrons. The second-order valence-corrected chi connectivity index (χ2v) is 9.01. The molecule has 9 heteroatoms. The molecule has 0 bridgehead atoms. The molecule has 0 fully saturated rings. The monoisotopic (exact) mass is 512 g/mol. The highest BCUT2D eigenvalue weighted by atomic mass is 35.5. The number of rotatable bonds is 11. The molecule has 3 aromatic rings. The molecule has 0 heterocycles. The van der Waals surface area contributed by atoms with Gasteiger partial charge in [-0.2, -0.15) is 0 Å². The van der Waals surface area contributed by atoms with Crippen LogP contribution in [0.25, 0.3) is 0 Å². The minimum Gasteiger partial charge on any atom is -0.497 e. The average molecular weight is 513 g/mol. The molecule has 0 atom stereocenters. The third kappa shape index (κ3) is 9.35. The maximum absolute atomic E-state index is 12.2. The van der Waals surface area contributed by atoms with E-state index in [2.05, 4.69) is 10.6 Å². The molecule has 2 N–H and O–H groups in total. The maximum atomic E-state index is 12.2. The summed E-state index contributed by atoms with van der Waals surface area (Å²) in [7, 11) is 1.53. The van der Waals surface area contributed by atoms with Crippen molar-refractivity contribution in [2.75, 3.05) is 24.4 Å². The number of hydrogen-bond donors (Lipinski definition) is 2. The number of hydrogen-bond acceptors (Lipinski definition) is 6. The first-order valence-corrected chi connectivity index (χ1v) is 12.0. The summed E-state index contributed by atoms with van der Waals surface area (Å²) in [5, 5.41) is 6.13. The topological polar surface area (TPSA) is 93.7 Å². The van der Waals surface area contributed by atoms with Gasteiger partial charge in [0.25, 0.3) is 5.91 Å². The first-order chi connectivity index (χ1) is 16.9. The van der Waals surface area contributed by atoms with Crippen molar-refractivity contribution in [1.82, 2.24) is 0 Å². The van der Waals surface area contributed by atoms with Gasteiger partial charge in [0.05, 0.1) is 7.11 Å². The number of esters is 1. The van der Waals surface area contributed by atoms with Gasteiger partial charge in [-0.3, -0.25) is 14.4 Å². The molecule has 0 unspecified atom stereocenters. The SMILES string of the molecule is COc1cccc(NC(=O)COC(=O)CCCC(=O)Nc2ccc(Sc3ccc(Cl)cc3)cc2)c1. The Balaban J connectivity index is 1.32. The second-order valence-electron chi connectivity index (χ2n) is 7.42. The van der Waals surface area contributed by atoms with Gasteiger partial charge in [-0.1, -0.05) is 29.4 Å². The standard InChI is InChI=1S/C26H25ClN2O5S/c1-33-21-5-2-4-20(16-21)29-25(31)17-34-26(32)7-3-6-24(30)28-19-10-14-23(15-11-19)35-22-12-8-18(27)9-13-22/h2,4-5,8-16H,3,6-7,17H2,1H3,(H,28,30)(H,29,31). The fourth-order valence-corrected chi connectivity index (χ4v) is 3.92. The summed E-state index contributed by atoms with van der Waals surface area (Å²) in [4.78, 5) is 38.1. The van der Waals surface area contributed by atoms with E-state index in [9.17, 15) is 14.4 Å². The van der Waals surface area contributed by atoms with E-state index in [1.54, 1.807) is 36.0 Å². The van der Waals surface area contributed by atoms with E-state index in [-0.39, 0.29) is 18.7 Å². The molecule has 0 aliphatic rings. The number of halogens is 1. The van der Waals surface area contributed by atoms with Crippen molar-refractivity contribution in [1.29, 1.82) is 0 Å². The molecule has 182 valence electrons. The molecule has 0 saturated carbocycles. The largest absolute Gasteiger partial charge is 0.497 e. The van der Waals surface area contributed by atoms with Crippen LogP contribution in [0.3, 0.4) is 0 Å². The Hall–Kier alpha value is -3.49. The van der Waals surface area contributed by atoms with Gasteiger partial charge in [0, 0.05) is 45.1 Å². The maximum Gasteiger partial charge on any atom is 0.306 e. The predicted molar refractivity (Wildman–Crippen MR) is 137 cm³/mol. The zero-order valence-electron chi connectivity index (χ0n) is 19.1. The molecule has 3 rings (SSSR count). The highest BCUT2D eigenvalue weighted by molar-refractivity contribution is 7.99. The third-order valence-electron chi connectivity index (χ3n) is 4.69. The van der Waals surface area contributed by atoms with Crippen LogP contribution in [0.5, 0.6) is 5.75 Å². The second kappa shape index (κ2) is 13.4. The van der Waals surface area contributed by atoms with Crippen molar-refractivity contribution >= 4 is 52.5 Å². The molecule has 0 aliphatic heterocycles. The summed E-state index contributed by atoms with van der Waals surface area (Å²) in [6.45, 7) is -0.400. The van der Waals surface area contributed by atoms with Crippen molar-refractivity contribution in [2.45, 2.75) is 29.1 Å². The van der Waals surface area contributed by atoms with Gasteiger partial charge in [0.1, 0.15) is 5.75 Å². The molecule has 0 aliphatic carbocycles. The molecular weight excluding hydrogens is 488 g/mol. The highest BCUT2D eigenvalue weighted by Crippen LogP contribution is 2.29. The zero-order valence-corrected chi connectivity index (χ0v) is 20.7. The molecule has 3 aromatic carbocycles. The molecular formula is C26H25ClN2O5S. The predicted octanol–water partition coefficient (Wildman–Crippen LogP) is 5.79. The number of methoxy groups -OCH3 is 1. The lowest BCUT2D eigenvalue weighted by Crippen LogP contribution is -2.21. The van der Waals surface area contributed by atoms with Crippen LogP contribution in [0.4, 0.5) is 11.4 Å². The van der Waals surface area contributed by atoms with Crippen LogP contribution in [-0.2, 0) is 19.1 Å². The number of carbonyl (C=O) groups excluding carboxylic acids is 3. The summed E-state index contributed by atoms with van der Waals surface area (Å²) in [5.74, 6) is -0.596. The van der Waals surface area contributed by atoms with Crippen LogP contribution in [0.1, 0.15) is 19.3 Å². The van der Waals surface area contributed by atoms with E-state index in [1.807, 2.05) is 48.5 Å². The number of anilines is 2. The fourth-order valence-electron chi connectivity index (χ4n) is 2.98. The van der Waals surface area contributed by atoms with Crippen molar-refractivity contribution in [3.8, 4) is 5.75 Å². The molecule has 0 saturated heterocycles. The van der Waals surface area contributed by atoms with Crippen LogP contribution in [0.15, 0.2) is 82.6 Å². The van der Waals surface area contributed by atoms with Gasteiger partial charge in [0.15, 0.2) is 6.61 Å². The zero-order chi connectivity index (χ0) is 25.0. The normalized spacial score (nSPS) is 10.3. The van der Waals surface area contributed by atoms with Crippen LogP contribution >= 0.6 is 23.4 Å². The van der Waals surface area contributed by atoms with Crippen molar-refractivity contribution < 1.29 is 23.9 Å². The van der Waals surface area contributed by atoms with Crippen molar-refractivity contribution in [3.63, 3.8) is 0 Å². The lowest BCUT2D eigenvalue weighted by molar-refractivity contribution is -0.147. The summed E-state index contributed by atoms with van der Waals surface area (Å²) in [5.41, 5.74) is 1.21. The van der Waals surface area contributed by atoms with Gasteiger partial charge < -0.3 is 20.1 Å². The molecule has 2 amide bonds. The smallest absolute Gasteiger partial charge is 0.306 e. The van der Waals surface area contributed by atoms with Crippen LogP contribution in [0.2, 0.25) is 5.02 Å². The third-order valence-corrected chi connectivity index (χ3v) is 5.96. The minimum atomic E-state index is -0.540. The van der Waals surface area contributed by atoms with Crippen LogP contribution < -0.4 is 15.4 Å². The van der Waals surface area contributed by atoms with Gasteiger partial charge >= 0.3 is 5.97 Å². The van der Waals surface area contributed by atoms with Gasteiger partial charge in [-0.05, 0) is 67.1 Å². The Morgan fingerprint density at radius 2 is 1.49 bits per heavy atom. The first kappa shape index (κ1) is 26.1. The summed E-state index contributed by atoms with van der Waals surface area (Å²) in [6.07, 6.45) is 0.510. The van der Waals surface area contributed by atoms with Crippen molar-refractivity contribution in [2.24, 2.45) is 0 Å². The summed E-state index contributed by atoms with van der Waals surface area (Å²) < 4.78 is 10.1. The Morgan fingerprint density at radius 1 is 0.829 bits per heavy atom. The molecule has 7 nitrogen and oxygen atoms in total. The van der Waals surface area contributed by atoms with E-state index < -0.39 is 18.5 Å². The minimum absolute atomic E-state index is 0.0382. The van der Waals surface area contributed by atoms with Gasteiger partial charge in [-0.15, -0.1) is 0 Å². The Kier molecular flexibility index (Phi) is 10.0. The van der Waals surface area contributed by atoms with Crippen LogP contribution in [0, 0.1) is 0 Å². The summed E-state index contributed by atoms with van der Waals surface area (Å²) >= 11 is 7.50. The quantitative estimate of drug-likeness (QED) is 0.316. The van der Waals surface area contributed by atoms with Gasteiger partial charge in [0.2, 0.25) is 5.91 Å². The van der Waals surface area contributed by atoms with E-state index in [0.29, 0.717) is 28.6 Å². The lowest BCUT2D eigenvalue weighted by Gasteiger charge is -2.08. The Bertz CT molecular complexity index is 1150. The average Bonchev–Trinajstić information content (AvgIpc) is 2.85. The van der Waals surface area contributed by atoms with Crippen LogP contribution in [-0.4, -0.2) is 31.5 Å². The number of nitrogens with one attached hydrogen (secondary N) is 2. The summed E-state index contributed by atoms with van der Waals surface area (Å²) in [6, 6.07) is 21.9. The molecule has 35 heavy (non-hydrogen) atoms. The number of ether oxygens (including phenoxy) is 2. The fraction of sp³-hybridized carbons (Fsp3) is 0.192. The van der Waals surface area contributed by atoms with E-state index in [0.717, 1.165) is 9.79 Å². The number of amides is 2. The Morgan fingerprint density at radius 3 is 2.17 bits per heavy atom. The number of benzene rings is 3. The van der Waals surface area contributed by atoms with E-state index >= 15 is 0 Å². The van der Waals surface area contributed by atoms with E-state index in [1.165, 1.54) is 7.11 Å². The first-order valence-electron chi connectivity index (χ1n) is 10.8. The number of carbonyl (C=O) groups is 3. The van der Waals surface area contributed by atoms with Crippen molar-refractivity contribution in [3.05, 3.63) is 77.8 Å². The van der Waals surface area contributed by atoms with E-state index in [4.69, 9.17) is 21.1 Å². The lowest BCUT2D eigenvalue weighted by atomic mass is 10.2. The van der Waals surface area contributed by atoms with Gasteiger partial charge in [-0.25, -0.2) is 0 Å². The Labute approximate surface area is 213 Å². The molecule has 0 aromatic heterocycles.